The van der Waals surface area contributed by atoms with Crippen molar-refractivity contribution in [2.45, 2.75) is 19.3 Å². The van der Waals surface area contributed by atoms with E-state index in [1.807, 2.05) is 24.3 Å². The predicted octanol–water partition coefficient (Wildman–Crippen LogP) is 3.34. The zero-order chi connectivity index (χ0) is 16.8. The van der Waals surface area contributed by atoms with E-state index in [9.17, 15) is 9.90 Å². The average molecular weight is 322 g/mol. The molecule has 0 aliphatic carbocycles. The Hall–Kier alpha value is -2.75. The highest BCUT2D eigenvalue weighted by Crippen LogP contribution is 2.28. The van der Waals surface area contributed by atoms with Crippen molar-refractivity contribution in [3.63, 3.8) is 0 Å². The number of hydrogen-bond acceptors (Lipinski definition) is 3. The number of fused-ring (bicyclic) bond motifs is 1. The molecule has 0 fully saturated rings. The number of anilines is 1. The molecule has 4 heteroatoms. The number of aromatic hydroxyl groups is 1. The number of hydrogen-bond donors (Lipinski definition) is 3. The molecule has 2 aromatic carbocycles. The molecule has 0 saturated carbocycles. The van der Waals surface area contributed by atoms with Crippen LogP contribution in [-0.2, 0) is 11.2 Å². The van der Waals surface area contributed by atoms with Crippen LogP contribution >= 0.6 is 0 Å². The van der Waals surface area contributed by atoms with Crippen LogP contribution in [0.4, 0.5) is 5.69 Å². The van der Waals surface area contributed by atoms with Gasteiger partial charge < -0.3 is 15.7 Å². The third-order valence-corrected chi connectivity index (χ3v) is 4.21. The van der Waals surface area contributed by atoms with Crippen molar-refractivity contribution in [1.29, 1.82) is 0 Å². The van der Waals surface area contributed by atoms with Crippen molar-refractivity contribution in [2.24, 2.45) is 0 Å². The Morgan fingerprint density at radius 3 is 2.71 bits per heavy atom. The molecule has 1 aliphatic heterocycles. The van der Waals surface area contributed by atoms with E-state index in [0.29, 0.717) is 19.4 Å². The molecule has 4 nitrogen and oxygen atoms in total. The van der Waals surface area contributed by atoms with Crippen LogP contribution in [0, 0.1) is 0 Å². The molecule has 1 amide bonds. The number of aryl methyl sites for hydroxylation is 1. The zero-order valence-corrected chi connectivity index (χ0v) is 13.6. The topological polar surface area (TPSA) is 61.4 Å². The van der Waals surface area contributed by atoms with Gasteiger partial charge in [0.15, 0.2) is 0 Å². The smallest absolute Gasteiger partial charge is 0.220 e. The Balaban J connectivity index is 1.44. The molecule has 0 aromatic heterocycles. The highest BCUT2D eigenvalue weighted by atomic mass is 16.3. The minimum Gasteiger partial charge on any atom is -0.508 e. The lowest BCUT2D eigenvalue weighted by Crippen LogP contribution is -2.25. The normalized spacial score (nSPS) is 12.8. The summed E-state index contributed by atoms with van der Waals surface area (Å²) in [6.45, 7) is 1.48. The Bertz CT molecular complexity index is 736. The maximum atomic E-state index is 12.0. The molecule has 3 N–H and O–H groups in total. The number of carbonyl (C=O) groups is 1. The number of rotatable bonds is 6. The van der Waals surface area contributed by atoms with Crippen molar-refractivity contribution in [3.8, 4) is 5.75 Å². The van der Waals surface area contributed by atoms with Crippen LogP contribution in [0.15, 0.2) is 54.6 Å². The van der Waals surface area contributed by atoms with Gasteiger partial charge in [-0.25, -0.2) is 0 Å². The standard InChI is InChI=1S/C20H22N2O2/c23-17-8-5-15(6-9-17)7-10-20(24)22-14-12-16-11-13-21-19-4-2-1-3-18(16)19/h1-6,8-9,11,21,23H,7,10,12-14H2,(H,22,24). The van der Waals surface area contributed by atoms with Crippen LogP contribution in [0.1, 0.15) is 24.0 Å². The summed E-state index contributed by atoms with van der Waals surface area (Å²) in [6, 6.07) is 15.2. The minimum absolute atomic E-state index is 0.0610. The second-order valence-electron chi connectivity index (χ2n) is 5.92. The first-order valence-corrected chi connectivity index (χ1v) is 8.29. The van der Waals surface area contributed by atoms with Crippen molar-refractivity contribution >= 4 is 17.2 Å². The van der Waals surface area contributed by atoms with Crippen LogP contribution in [-0.4, -0.2) is 24.1 Å². The molecule has 24 heavy (non-hydrogen) atoms. The molecule has 0 saturated heterocycles. The van der Waals surface area contributed by atoms with E-state index in [0.717, 1.165) is 24.2 Å². The Labute approximate surface area is 142 Å². The molecule has 124 valence electrons. The van der Waals surface area contributed by atoms with Crippen molar-refractivity contribution in [1.82, 2.24) is 5.32 Å². The first kappa shape index (κ1) is 16.1. The van der Waals surface area contributed by atoms with Crippen LogP contribution in [0.25, 0.3) is 5.57 Å². The van der Waals surface area contributed by atoms with Gasteiger partial charge in [0.05, 0.1) is 0 Å². The first-order chi connectivity index (χ1) is 11.7. The second-order valence-corrected chi connectivity index (χ2v) is 5.92. The van der Waals surface area contributed by atoms with Gasteiger partial charge in [0.25, 0.3) is 0 Å². The summed E-state index contributed by atoms with van der Waals surface area (Å²) >= 11 is 0. The molecule has 0 unspecified atom stereocenters. The van der Waals surface area contributed by atoms with Crippen LogP contribution in [0.5, 0.6) is 5.75 Å². The minimum atomic E-state index is 0.0610. The van der Waals surface area contributed by atoms with Gasteiger partial charge in [0, 0.05) is 30.8 Å². The van der Waals surface area contributed by atoms with Gasteiger partial charge in [-0.1, -0.05) is 36.4 Å². The number of para-hydroxylation sites is 1. The molecular weight excluding hydrogens is 300 g/mol. The lowest BCUT2D eigenvalue weighted by Gasteiger charge is -2.19. The summed E-state index contributed by atoms with van der Waals surface area (Å²) < 4.78 is 0. The van der Waals surface area contributed by atoms with Crippen LogP contribution < -0.4 is 10.6 Å². The molecule has 2 aromatic rings. The van der Waals surface area contributed by atoms with Gasteiger partial charge in [-0.2, -0.15) is 0 Å². The molecule has 0 radical (unpaired) electrons. The Kier molecular flexibility index (Phi) is 5.16. The Morgan fingerprint density at radius 1 is 1.08 bits per heavy atom. The van der Waals surface area contributed by atoms with E-state index in [4.69, 9.17) is 0 Å². The van der Waals surface area contributed by atoms with Crippen LogP contribution in [0.3, 0.4) is 0 Å². The lowest BCUT2D eigenvalue weighted by molar-refractivity contribution is -0.121. The van der Waals surface area contributed by atoms with Crippen LogP contribution in [0.2, 0.25) is 0 Å². The number of carbonyl (C=O) groups excluding carboxylic acids is 1. The third kappa shape index (κ3) is 4.16. The lowest BCUT2D eigenvalue weighted by atomic mass is 9.98. The first-order valence-electron chi connectivity index (χ1n) is 8.29. The monoisotopic (exact) mass is 322 g/mol. The molecular formula is C20H22N2O2. The molecule has 0 bridgehead atoms. The highest BCUT2D eigenvalue weighted by molar-refractivity contribution is 5.80. The Morgan fingerprint density at radius 2 is 1.88 bits per heavy atom. The van der Waals surface area contributed by atoms with Crippen molar-refractivity contribution < 1.29 is 9.90 Å². The third-order valence-electron chi connectivity index (χ3n) is 4.21. The molecule has 0 spiro atoms. The van der Waals surface area contributed by atoms with E-state index in [2.05, 4.69) is 28.8 Å². The maximum absolute atomic E-state index is 12.0. The molecule has 1 heterocycles. The number of benzene rings is 2. The fourth-order valence-electron chi connectivity index (χ4n) is 2.89. The number of phenols is 1. The van der Waals surface area contributed by atoms with E-state index in [-0.39, 0.29) is 11.7 Å². The fourth-order valence-corrected chi connectivity index (χ4v) is 2.89. The van der Waals surface area contributed by atoms with Gasteiger partial charge in [0.1, 0.15) is 5.75 Å². The largest absolute Gasteiger partial charge is 0.508 e. The average Bonchev–Trinajstić information content (AvgIpc) is 2.61. The molecule has 1 aliphatic rings. The van der Waals surface area contributed by atoms with E-state index < -0.39 is 0 Å². The summed E-state index contributed by atoms with van der Waals surface area (Å²) in [5.41, 5.74) is 4.72. The predicted molar refractivity (Wildman–Crippen MR) is 97.0 cm³/mol. The summed E-state index contributed by atoms with van der Waals surface area (Å²) in [4.78, 5) is 12.0. The molecule has 0 atom stereocenters. The zero-order valence-electron chi connectivity index (χ0n) is 13.6. The SMILES string of the molecule is O=C(CCc1ccc(O)cc1)NCCC1=CCNc2ccccc21. The van der Waals surface area contributed by atoms with E-state index in [1.165, 1.54) is 11.1 Å². The second kappa shape index (κ2) is 7.68. The fraction of sp³-hybridized carbons (Fsp3) is 0.250. The summed E-state index contributed by atoms with van der Waals surface area (Å²) in [6.07, 6.45) is 4.16. The van der Waals surface area contributed by atoms with Gasteiger partial charge in [-0.15, -0.1) is 0 Å². The maximum Gasteiger partial charge on any atom is 0.220 e. The summed E-state index contributed by atoms with van der Waals surface area (Å²) in [7, 11) is 0. The summed E-state index contributed by atoms with van der Waals surface area (Å²) in [5.74, 6) is 0.310. The van der Waals surface area contributed by atoms with Gasteiger partial charge in [-0.05, 0) is 42.2 Å². The highest BCUT2D eigenvalue weighted by Gasteiger charge is 2.11. The summed E-state index contributed by atoms with van der Waals surface area (Å²) in [5, 5.41) is 15.6. The quantitative estimate of drug-likeness (QED) is 0.764. The van der Waals surface area contributed by atoms with Gasteiger partial charge in [-0.3, -0.25) is 4.79 Å². The number of amides is 1. The van der Waals surface area contributed by atoms with Crippen molar-refractivity contribution in [2.75, 3.05) is 18.4 Å². The number of nitrogens with one attached hydrogen (secondary N) is 2. The molecule has 3 rings (SSSR count). The van der Waals surface area contributed by atoms with Crippen molar-refractivity contribution in [3.05, 3.63) is 65.7 Å². The van der Waals surface area contributed by atoms with Gasteiger partial charge in [0.2, 0.25) is 5.91 Å². The van der Waals surface area contributed by atoms with E-state index in [1.54, 1.807) is 12.1 Å². The number of phenolic OH excluding ortho intramolecular Hbond substituents is 1. The van der Waals surface area contributed by atoms with E-state index >= 15 is 0 Å². The van der Waals surface area contributed by atoms with Gasteiger partial charge >= 0.3 is 0 Å².